The molecule has 0 radical (unpaired) electrons. The number of hydrogen-bond donors (Lipinski definition) is 1. The normalized spacial score (nSPS) is 10.3. The maximum Gasteiger partial charge on any atom is 0.213 e. The molecule has 17 heavy (non-hydrogen) atoms. The standard InChI is InChI=1S/C12H14N4O/c1-7-8(2)16-12(13)11(15-7)9-4-5-14-10(6-9)17-3/h4-6H,1-3H3,(H2,13,16). The number of aryl methyl sites for hydroxylation is 2. The van der Waals surface area contributed by atoms with E-state index < -0.39 is 0 Å². The van der Waals surface area contributed by atoms with Crippen LogP contribution in [0.15, 0.2) is 18.3 Å². The number of nitrogens with zero attached hydrogens (tertiary/aromatic N) is 3. The molecular weight excluding hydrogens is 216 g/mol. The topological polar surface area (TPSA) is 73.9 Å². The first kappa shape index (κ1) is 11.3. The van der Waals surface area contributed by atoms with Crippen LogP contribution in [-0.2, 0) is 0 Å². The zero-order valence-corrected chi connectivity index (χ0v) is 10.1. The molecule has 2 rings (SSSR count). The van der Waals surface area contributed by atoms with Crippen molar-refractivity contribution in [3.63, 3.8) is 0 Å². The number of nitrogen functional groups attached to an aromatic ring is 1. The van der Waals surface area contributed by atoms with Crippen molar-refractivity contribution >= 4 is 5.82 Å². The van der Waals surface area contributed by atoms with Crippen LogP contribution >= 0.6 is 0 Å². The summed E-state index contributed by atoms with van der Waals surface area (Å²) in [4.78, 5) is 12.7. The molecule has 0 bridgehead atoms. The molecule has 0 unspecified atom stereocenters. The summed E-state index contributed by atoms with van der Waals surface area (Å²) in [5.41, 5.74) is 9.10. The number of hydrogen-bond acceptors (Lipinski definition) is 5. The van der Waals surface area contributed by atoms with Gasteiger partial charge in [-0.15, -0.1) is 0 Å². The summed E-state index contributed by atoms with van der Waals surface area (Å²) in [6.45, 7) is 3.79. The summed E-state index contributed by atoms with van der Waals surface area (Å²) >= 11 is 0. The van der Waals surface area contributed by atoms with Gasteiger partial charge in [-0.2, -0.15) is 0 Å². The maximum absolute atomic E-state index is 5.88. The number of nitrogens with two attached hydrogens (primary N) is 1. The monoisotopic (exact) mass is 230 g/mol. The Morgan fingerprint density at radius 3 is 2.59 bits per heavy atom. The van der Waals surface area contributed by atoms with Crippen molar-refractivity contribution in [2.75, 3.05) is 12.8 Å². The second-order valence-electron chi connectivity index (χ2n) is 3.72. The van der Waals surface area contributed by atoms with Crippen molar-refractivity contribution in [1.29, 1.82) is 0 Å². The zero-order chi connectivity index (χ0) is 12.4. The van der Waals surface area contributed by atoms with Crippen LogP contribution in [-0.4, -0.2) is 22.1 Å². The van der Waals surface area contributed by atoms with Gasteiger partial charge in [-0.05, 0) is 19.9 Å². The van der Waals surface area contributed by atoms with Crippen LogP contribution in [0.4, 0.5) is 5.82 Å². The predicted molar refractivity (Wildman–Crippen MR) is 65.7 cm³/mol. The molecule has 88 valence electrons. The third kappa shape index (κ3) is 2.18. The van der Waals surface area contributed by atoms with Gasteiger partial charge in [0.25, 0.3) is 0 Å². The van der Waals surface area contributed by atoms with E-state index in [-0.39, 0.29) is 0 Å². The average molecular weight is 230 g/mol. The minimum absolute atomic E-state index is 0.418. The molecule has 2 aromatic heterocycles. The lowest BCUT2D eigenvalue weighted by Crippen LogP contribution is -2.02. The molecule has 2 aromatic rings. The van der Waals surface area contributed by atoms with Gasteiger partial charge >= 0.3 is 0 Å². The number of anilines is 1. The van der Waals surface area contributed by atoms with E-state index in [2.05, 4.69) is 15.0 Å². The Labute approximate surface area is 99.7 Å². The molecule has 0 aromatic carbocycles. The lowest BCUT2D eigenvalue weighted by atomic mass is 10.2. The van der Waals surface area contributed by atoms with E-state index in [1.807, 2.05) is 19.9 Å². The number of ether oxygens (including phenoxy) is 1. The third-order valence-corrected chi connectivity index (χ3v) is 2.55. The molecular formula is C12H14N4O. The summed E-state index contributed by atoms with van der Waals surface area (Å²) in [6, 6.07) is 3.62. The van der Waals surface area contributed by atoms with Crippen molar-refractivity contribution in [1.82, 2.24) is 15.0 Å². The van der Waals surface area contributed by atoms with Crippen molar-refractivity contribution in [2.45, 2.75) is 13.8 Å². The van der Waals surface area contributed by atoms with Gasteiger partial charge in [0.2, 0.25) is 5.88 Å². The summed E-state index contributed by atoms with van der Waals surface area (Å²) in [6.07, 6.45) is 1.66. The van der Waals surface area contributed by atoms with E-state index >= 15 is 0 Å². The van der Waals surface area contributed by atoms with Crippen molar-refractivity contribution in [2.24, 2.45) is 0 Å². The first-order valence-electron chi connectivity index (χ1n) is 5.23. The highest BCUT2D eigenvalue weighted by Crippen LogP contribution is 2.25. The SMILES string of the molecule is COc1cc(-c2nc(C)c(C)nc2N)ccn1. The molecule has 0 saturated heterocycles. The van der Waals surface area contributed by atoms with Crippen molar-refractivity contribution in [3.05, 3.63) is 29.7 Å². The quantitative estimate of drug-likeness (QED) is 0.850. The van der Waals surface area contributed by atoms with E-state index in [0.29, 0.717) is 17.4 Å². The largest absolute Gasteiger partial charge is 0.481 e. The molecule has 0 atom stereocenters. The molecule has 0 aliphatic heterocycles. The van der Waals surface area contributed by atoms with Gasteiger partial charge in [-0.1, -0.05) is 0 Å². The van der Waals surface area contributed by atoms with Crippen LogP contribution < -0.4 is 10.5 Å². The van der Waals surface area contributed by atoms with Crippen LogP contribution in [0, 0.1) is 13.8 Å². The van der Waals surface area contributed by atoms with E-state index in [1.54, 1.807) is 19.4 Å². The van der Waals surface area contributed by atoms with E-state index in [1.165, 1.54) is 0 Å². The Hall–Kier alpha value is -2.17. The predicted octanol–water partition coefficient (Wildman–Crippen LogP) is 1.75. The Morgan fingerprint density at radius 1 is 1.18 bits per heavy atom. The molecule has 5 nitrogen and oxygen atoms in total. The highest BCUT2D eigenvalue weighted by Gasteiger charge is 2.09. The average Bonchev–Trinajstić information content (AvgIpc) is 2.34. The Kier molecular flexibility index (Phi) is 2.91. The fourth-order valence-corrected chi connectivity index (χ4v) is 1.50. The number of pyridine rings is 1. The first-order valence-corrected chi connectivity index (χ1v) is 5.23. The Bertz CT molecular complexity index is 554. The summed E-state index contributed by atoms with van der Waals surface area (Å²) in [7, 11) is 1.57. The molecule has 2 heterocycles. The molecule has 0 aliphatic rings. The fourth-order valence-electron chi connectivity index (χ4n) is 1.50. The van der Waals surface area contributed by atoms with Crippen LogP contribution in [0.2, 0.25) is 0 Å². The van der Waals surface area contributed by atoms with Gasteiger partial charge in [-0.3, -0.25) is 0 Å². The maximum atomic E-state index is 5.88. The highest BCUT2D eigenvalue weighted by atomic mass is 16.5. The van der Waals surface area contributed by atoms with Crippen LogP contribution in [0.1, 0.15) is 11.4 Å². The van der Waals surface area contributed by atoms with Crippen molar-refractivity contribution < 1.29 is 4.74 Å². The molecule has 0 saturated carbocycles. The number of rotatable bonds is 2. The van der Waals surface area contributed by atoms with Crippen LogP contribution in [0.25, 0.3) is 11.3 Å². The van der Waals surface area contributed by atoms with Crippen LogP contribution in [0.3, 0.4) is 0 Å². The van der Waals surface area contributed by atoms with Gasteiger partial charge in [-0.25, -0.2) is 15.0 Å². The molecule has 0 amide bonds. The van der Waals surface area contributed by atoms with Gasteiger partial charge in [0.15, 0.2) is 0 Å². The molecule has 0 fully saturated rings. The summed E-state index contributed by atoms with van der Waals surface area (Å²) in [5.74, 6) is 0.947. The number of aromatic nitrogens is 3. The lowest BCUT2D eigenvalue weighted by Gasteiger charge is -2.08. The molecule has 2 N–H and O–H groups in total. The fraction of sp³-hybridized carbons (Fsp3) is 0.250. The molecule has 5 heteroatoms. The van der Waals surface area contributed by atoms with Crippen LogP contribution in [0.5, 0.6) is 5.88 Å². The molecule has 0 spiro atoms. The van der Waals surface area contributed by atoms with E-state index in [9.17, 15) is 0 Å². The van der Waals surface area contributed by atoms with Gasteiger partial charge in [0, 0.05) is 17.8 Å². The summed E-state index contributed by atoms with van der Waals surface area (Å²) in [5, 5.41) is 0. The van der Waals surface area contributed by atoms with Gasteiger partial charge in [0.1, 0.15) is 11.5 Å². The Balaban J connectivity index is 2.56. The Morgan fingerprint density at radius 2 is 1.88 bits per heavy atom. The van der Waals surface area contributed by atoms with E-state index in [0.717, 1.165) is 17.0 Å². The number of methoxy groups -OCH3 is 1. The lowest BCUT2D eigenvalue weighted by molar-refractivity contribution is 0.398. The summed E-state index contributed by atoms with van der Waals surface area (Å²) < 4.78 is 5.07. The van der Waals surface area contributed by atoms with E-state index in [4.69, 9.17) is 10.5 Å². The zero-order valence-electron chi connectivity index (χ0n) is 10.1. The second kappa shape index (κ2) is 4.37. The minimum Gasteiger partial charge on any atom is -0.481 e. The first-order chi connectivity index (χ1) is 8.11. The van der Waals surface area contributed by atoms with Gasteiger partial charge < -0.3 is 10.5 Å². The third-order valence-electron chi connectivity index (χ3n) is 2.55. The smallest absolute Gasteiger partial charge is 0.213 e. The molecule has 0 aliphatic carbocycles. The van der Waals surface area contributed by atoms with Crippen molar-refractivity contribution in [3.8, 4) is 17.1 Å². The highest BCUT2D eigenvalue weighted by molar-refractivity contribution is 5.70. The van der Waals surface area contributed by atoms with Gasteiger partial charge in [0.05, 0.1) is 18.5 Å². The second-order valence-corrected chi connectivity index (χ2v) is 3.72. The minimum atomic E-state index is 0.418.